The van der Waals surface area contributed by atoms with Crippen LogP contribution in [0.25, 0.3) is 0 Å². The summed E-state index contributed by atoms with van der Waals surface area (Å²) in [5.74, 6) is -1.37. The average Bonchev–Trinajstić information content (AvgIpc) is 2.13. The first-order valence-electron chi connectivity index (χ1n) is 4.45. The molecule has 0 aliphatic heterocycles. The van der Waals surface area contributed by atoms with Gasteiger partial charge in [0.25, 0.3) is 0 Å². The molecule has 0 aliphatic carbocycles. The number of primary amides is 2. The summed E-state index contributed by atoms with van der Waals surface area (Å²) >= 11 is 0. The van der Waals surface area contributed by atoms with Crippen LogP contribution in [0.3, 0.4) is 0 Å². The number of rotatable bonds is 5. The van der Waals surface area contributed by atoms with Gasteiger partial charge in [-0.25, -0.2) is 4.79 Å². The van der Waals surface area contributed by atoms with Crippen molar-refractivity contribution in [3.05, 3.63) is 0 Å². The quantitative estimate of drug-likeness (QED) is 0.573. The van der Waals surface area contributed by atoms with Crippen LogP contribution >= 0.6 is 0 Å². The van der Waals surface area contributed by atoms with Crippen LogP contribution in [0.2, 0.25) is 0 Å². The Morgan fingerprint density at radius 1 is 1.07 bits per heavy atom. The van der Waals surface area contributed by atoms with Crippen LogP contribution in [-0.4, -0.2) is 54.3 Å². The van der Waals surface area contributed by atoms with Gasteiger partial charge in [0.1, 0.15) is 13.1 Å². The fraction of sp³-hybridized carbons (Fsp3) is 0.625. The van der Waals surface area contributed by atoms with Crippen molar-refractivity contribution < 1.29 is 14.4 Å². The molecule has 4 N–H and O–H groups in total. The number of hydrogen-bond acceptors (Lipinski definition) is 3. The molecular weight excluding hydrogens is 200 g/mol. The number of carbonyl (C=O) groups is 3. The molecule has 0 unspecified atom stereocenters. The number of amides is 4. The Morgan fingerprint density at radius 3 is 1.73 bits per heavy atom. The van der Waals surface area contributed by atoms with Gasteiger partial charge in [0, 0.05) is 13.6 Å². The summed E-state index contributed by atoms with van der Waals surface area (Å²) in [6.07, 6.45) is 0. The third-order valence-corrected chi connectivity index (χ3v) is 1.76. The van der Waals surface area contributed by atoms with E-state index in [4.69, 9.17) is 11.5 Å². The Labute approximate surface area is 88.0 Å². The molecule has 7 nitrogen and oxygen atoms in total. The van der Waals surface area contributed by atoms with E-state index in [1.165, 1.54) is 4.90 Å². The lowest BCUT2D eigenvalue weighted by atomic mass is 10.4. The van der Waals surface area contributed by atoms with Gasteiger partial charge in [-0.2, -0.15) is 0 Å². The Kier molecular flexibility index (Phi) is 5.14. The standard InChI is InChI=1S/C8H16N4O3/c1-3-11(2)8(15)12(4-6(9)13)5-7(10)14/h3-5H2,1-2H3,(H2,9,13)(H2,10,14). The van der Waals surface area contributed by atoms with Crippen LogP contribution < -0.4 is 11.5 Å². The number of nitrogens with two attached hydrogens (primary N) is 2. The van der Waals surface area contributed by atoms with Gasteiger partial charge in [0.2, 0.25) is 11.8 Å². The maximum atomic E-state index is 11.6. The molecule has 0 aromatic carbocycles. The first-order chi connectivity index (χ1) is 6.88. The molecule has 0 aromatic heterocycles. The van der Waals surface area contributed by atoms with Crippen molar-refractivity contribution in [2.45, 2.75) is 6.92 Å². The van der Waals surface area contributed by atoms with Crippen LogP contribution in [0.5, 0.6) is 0 Å². The first kappa shape index (κ1) is 13.2. The zero-order valence-electron chi connectivity index (χ0n) is 8.90. The molecule has 0 rings (SSSR count). The highest BCUT2D eigenvalue weighted by Crippen LogP contribution is 1.95. The Balaban J connectivity index is 4.53. The van der Waals surface area contributed by atoms with Crippen LogP contribution in [-0.2, 0) is 9.59 Å². The highest BCUT2D eigenvalue weighted by atomic mass is 16.2. The van der Waals surface area contributed by atoms with Gasteiger partial charge in [-0.1, -0.05) is 0 Å². The van der Waals surface area contributed by atoms with E-state index >= 15 is 0 Å². The molecule has 0 saturated heterocycles. The molecule has 0 heterocycles. The van der Waals surface area contributed by atoms with Crippen LogP contribution in [0, 0.1) is 0 Å². The van der Waals surface area contributed by atoms with Gasteiger partial charge in [-0.15, -0.1) is 0 Å². The van der Waals surface area contributed by atoms with E-state index in [1.54, 1.807) is 14.0 Å². The monoisotopic (exact) mass is 216 g/mol. The van der Waals surface area contributed by atoms with E-state index in [0.29, 0.717) is 6.54 Å². The molecular formula is C8H16N4O3. The number of nitrogens with zero attached hydrogens (tertiary/aromatic N) is 2. The molecule has 15 heavy (non-hydrogen) atoms. The predicted octanol–water partition coefficient (Wildman–Crippen LogP) is -1.67. The maximum Gasteiger partial charge on any atom is 0.320 e. The molecule has 0 bridgehead atoms. The van der Waals surface area contributed by atoms with E-state index in [9.17, 15) is 14.4 Å². The number of carbonyl (C=O) groups excluding carboxylic acids is 3. The largest absolute Gasteiger partial charge is 0.368 e. The van der Waals surface area contributed by atoms with Crippen LogP contribution in [0.1, 0.15) is 6.92 Å². The summed E-state index contributed by atoms with van der Waals surface area (Å²) in [5, 5.41) is 0. The molecule has 4 amide bonds. The lowest BCUT2D eigenvalue weighted by Crippen LogP contribution is -2.48. The molecule has 86 valence electrons. The highest BCUT2D eigenvalue weighted by molar-refractivity contribution is 5.87. The van der Waals surface area contributed by atoms with Crippen molar-refractivity contribution in [2.24, 2.45) is 11.5 Å². The fourth-order valence-electron chi connectivity index (χ4n) is 0.944. The van der Waals surface area contributed by atoms with Crippen molar-refractivity contribution in [1.29, 1.82) is 0 Å². The summed E-state index contributed by atoms with van der Waals surface area (Å²) in [4.78, 5) is 35.3. The molecule has 0 saturated carbocycles. The summed E-state index contributed by atoms with van der Waals surface area (Å²) in [6.45, 7) is 1.61. The van der Waals surface area contributed by atoms with Crippen molar-refractivity contribution in [3.8, 4) is 0 Å². The highest BCUT2D eigenvalue weighted by Gasteiger charge is 2.20. The van der Waals surface area contributed by atoms with Gasteiger partial charge in [0.05, 0.1) is 0 Å². The van der Waals surface area contributed by atoms with Gasteiger partial charge in [-0.05, 0) is 6.92 Å². The summed E-state index contributed by atoms with van der Waals surface area (Å²) in [7, 11) is 1.55. The van der Waals surface area contributed by atoms with Gasteiger partial charge in [-0.3, -0.25) is 9.59 Å². The van der Waals surface area contributed by atoms with E-state index in [1.807, 2.05) is 0 Å². The van der Waals surface area contributed by atoms with Crippen molar-refractivity contribution in [1.82, 2.24) is 9.80 Å². The topological polar surface area (TPSA) is 110 Å². The maximum absolute atomic E-state index is 11.6. The average molecular weight is 216 g/mol. The minimum Gasteiger partial charge on any atom is -0.368 e. The van der Waals surface area contributed by atoms with E-state index in [2.05, 4.69) is 0 Å². The van der Waals surface area contributed by atoms with Gasteiger partial charge >= 0.3 is 6.03 Å². The minimum absolute atomic E-state index is 0.313. The third kappa shape index (κ3) is 4.84. The van der Waals surface area contributed by atoms with Gasteiger partial charge < -0.3 is 21.3 Å². The second kappa shape index (κ2) is 5.84. The first-order valence-corrected chi connectivity index (χ1v) is 4.45. The molecule has 0 fully saturated rings. The van der Waals surface area contributed by atoms with Crippen LogP contribution in [0.15, 0.2) is 0 Å². The molecule has 0 radical (unpaired) electrons. The third-order valence-electron chi connectivity index (χ3n) is 1.76. The molecule has 0 atom stereocenters. The van der Waals surface area contributed by atoms with Crippen molar-refractivity contribution >= 4 is 17.8 Å². The lowest BCUT2D eigenvalue weighted by molar-refractivity contribution is -0.121. The van der Waals surface area contributed by atoms with Crippen LogP contribution in [0.4, 0.5) is 4.79 Å². The van der Waals surface area contributed by atoms with E-state index < -0.39 is 17.8 Å². The number of urea groups is 1. The fourth-order valence-corrected chi connectivity index (χ4v) is 0.944. The molecule has 0 aromatic rings. The van der Waals surface area contributed by atoms with Gasteiger partial charge in [0.15, 0.2) is 0 Å². The van der Waals surface area contributed by atoms with E-state index in [-0.39, 0.29) is 13.1 Å². The van der Waals surface area contributed by atoms with Crippen molar-refractivity contribution in [3.63, 3.8) is 0 Å². The minimum atomic E-state index is -0.686. The lowest BCUT2D eigenvalue weighted by Gasteiger charge is -2.25. The number of hydrogen-bond donors (Lipinski definition) is 2. The SMILES string of the molecule is CCN(C)C(=O)N(CC(N)=O)CC(N)=O. The zero-order valence-corrected chi connectivity index (χ0v) is 8.90. The summed E-state index contributed by atoms with van der Waals surface area (Å²) in [5.41, 5.74) is 9.89. The van der Waals surface area contributed by atoms with E-state index in [0.717, 1.165) is 4.90 Å². The summed E-state index contributed by atoms with van der Waals surface area (Å²) in [6, 6.07) is -0.449. The van der Waals surface area contributed by atoms with Crippen molar-refractivity contribution in [2.75, 3.05) is 26.7 Å². The summed E-state index contributed by atoms with van der Waals surface area (Å²) < 4.78 is 0. The molecule has 7 heteroatoms. The predicted molar refractivity (Wildman–Crippen MR) is 53.7 cm³/mol. The zero-order chi connectivity index (χ0) is 12.0. The Hall–Kier alpha value is -1.79. The smallest absolute Gasteiger partial charge is 0.320 e. The second-order valence-corrected chi connectivity index (χ2v) is 3.09. The normalized spacial score (nSPS) is 9.47. The molecule has 0 spiro atoms. The second-order valence-electron chi connectivity index (χ2n) is 3.09. The molecule has 0 aliphatic rings. The Bertz CT molecular complexity index is 251. The Morgan fingerprint density at radius 2 is 1.47 bits per heavy atom.